The van der Waals surface area contributed by atoms with Crippen LogP contribution >= 0.6 is 0 Å². The van der Waals surface area contributed by atoms with Crippen molar-refractivity contribution in [2.75, 3.05) is 20.2 Å². The van der Waals surface area contributed by atoms with Gasteiger partial charge in [0, 0.05) is 43.7 Å². The van der Waals surface area contributed by atoms with E-state index in [9.17, 15) is 14.4 Å². The Morgan fingerprint density at radius 1 is 1.11 bits per heavy atom. The van der Waals surface area contributed by atoms with Crippen LogP contribution < -0.4 is 10.1 Å². The van der Waals surface area contributed by atoms with Gasteiger partial charge in [0.05, 0.1) is 12.7 Å². The fraction of sp³-hybridized carbons (Fsp3) is 0.407. The summed E-state index contributed by atoms with van der Waals surface area (Å²) in [6.07, 6.45) is 10.2. The van der Waals surface area contributed by atoms with E-state index in [1.807, 2.05) is 18.3 Å². The molecule has 1 aromatic carbocycles. The average Bonchev–Trinajstić information content (AvgIpc) is 3.48. The SMILES string of the molecule is COc1cc(-c2cc(CN3CCCCC3)cn3ccnc23)cc2c1C(=O)N(C1CCC(=O)NC1=O)C2. The first-order chi connectivity index (χ1) is 17.5. The number of nitrogens with zero attached hydrogens (tertiary/aromatic N) is 4. The number of carbonyl (C=O) groups excluding carboxylic acids is 3. The molecule has 36 heavy (non-hydrogen) atoms. The van der Waals surface area contributed by atoms with E-state index >= 15 is 0 Å². The number of methoxy groups -OCH3 is 1. The summed E-state index contributed by atoms with van der Waals surface area (Å²) in [6.45, 7) is 3.40. The van der Waals surface area contributed by atoms with Gasteiger partial charge in [0.25, 0.3) is 5.91 Å². The van der Waals surface area contributed by atoms with E-state index in [1.165, 1.54) is 24.8 Å². The highest BCUT2D eigenvalue weighted by molar-refractivity contribution is 6.07. The lowest BCUT2D eigenvalue weighted by Gasteiger charge is -2.29. The molecule has 6 rings (SSSR count). The van der Waals surface area contributed by atoms with Gasteiger partial charge in [0.2, 0.25) is 11.8 Å². The maximum absolute atomic E-state index is 13.4. The van der Waals surface area contributed by atoms with Crippen LogP contribution in [-0.2, 0) is 22.7 Å². The molecule has 186 valence electrons. The van der Waals surface area contributed by atoms with E-state index in [2.05, 4.69) is 31.9 Å². The molecule has 0 spiro atoms. The standard InChI is InChI=1S/C27H29N5O4/c1-36-22-13-18(12-19-16-32(27(35)24(19)22)21-5-6-23(33)29-26(21)34)20-11-17(14-30-8-3-2-4-9-30)15-31-10-7-28-25(20)31/h7,10-13,15,21H,2-6,8-9,14,16H2,1H3,(H,29,33,34). The summed E-state index contributed by atoms with van der Waals surface area (Å²) in [6, 6.07) is 5.42. The molecule has 2 aromatic heterocycles. The summed E-state index contributed by atoms with van der Waals surface area (Å²) in [5.74, 6) is -0.481. The van der Waals surface area contributed by atoms with Crippen LogP contribution in [0.1, 0.15) is 53.6 Å². The highest BCUT2D eigenvalue weighted by atomic mass is 16.5. The number of amides is 3. The Bertz CT molecular complexity index is 1370. The van der Waals surface area contributed by atoms with Crippen LogP contribution in [0.15, 0.2) is 36.8 Å². The van der Waals surface area contributed by atoms with E-state index in [-0.39, 0.29) is 18.2 Å². The van der Waals surface area contributed by atoms with Gasteiger partial charge in [-0.1, -0.05) is 6.42 Å². The molecule has 9 nitrogen and oxygen atoms in total. The lowest BCUT2D eigenvalue weighted by atomic mass is 9.98. The monoisotopic (exact) mass is 487 g/mol. The molecule has 9 heteroatoms. The fourth-order valence-corrected chi connectivity index (χ4v) is 5.75. The number of likely N-dealkylation sites (tertiary alicyclic amines) is 1. The minimum absolute atomic E-state index is 0.223. The van der Waals surface area contributed by atoms with Crippen LogP contribution in [0.2, 0.25) is 0 Å². The lowest BCUT2D eigenvalue weighted by molar-refractivity contribution is -0.136. The quantitative estimate of drug-likeness (QED) is 0.556. The van der Waals surface area contributed by atoms with Gasteiger partial charge in [-0.2, -0.15) is 0 Å². The van der Waals surface area contributed by atoms with Gasteiger partial charge in [-0.3, -0.25) is 24.6 Å². The largest absolute Gasteiger partial charge is 0.496 e. The maximum Gasteiger partial charge on any atom is 0.258 e. The fourth-order valence-electron chi connectivity index (χ4n) is 5.75. The minimum Gasteiger partial charge on any atom is -0.496 e. The van der Waals surface area contributed by atoms with Crippen LogP contribution in [-0.4, -0.2) is 63.1 Å². The number of pyridine rings is 1. The number of aromatic nitrogens is 2. The topological polar surface area (TPSA) is 96.2 Å². The van der Waals surface area contributed by atoms with Crippen molar-refractivity contribution in [3.8, 4) is 16.9 Å². The zero-order valence-electron chi connectivity index (χ0n) is 20.3. The second-order valence-electron chi connectivity index (χ2n) is 9.87. The molecule has 0 radical (unpaired) electrons. The van der Waals surface area contributed by atoms with Crippen molar-refractivity contribution >= 4 is 23.4 Å². The molecule has 1 atom stereocenters. The number of hydrogen-bond acceptors (Lipinski definition) is 6. The first-order valence-electron chi connectivity index (χ1n) is 12.6. The Balaban J connectivity index is 1.38. The minimum atomic E-state index is -0.664. The first kappa shape index (κ1) is 22.7. The van der Waals surface area contributed by atoms with Crippen molar-refractivity contribution in [3.63, 3.8) is 0 Å². The predicted octanol–water partition coefficient (Wildman–Crippen LogP) is 2.76. The molecular formula is C27H29N5O4. The normalized spacial score (nSPS) is 20.6. The molecule has 3 aliphatic heterocycles. The molecular weight excluding hydrogens is 458 g/mol. The Labute approximate surface area is 209 Å². The van der Waals surface area contributed by atoms with Gasteiger partial charge in [0.15, 0.2) is 0 Å². The van der Waals surface area contributed by atoms with Gasteiger partial charge in [-0.25, -0.2) is 4.98 Å². The van der Waals surface area contributed by atoms with Gasteiger partial charge in [0.1, 0.15) is 17.4 Å². The summed E-state index contributed by atoms with van der Waals surface area (Å²) in [5.41, 5.74) is 5.23. The Hall–Kier alpha value is -3.72. The number of imidazole rings is 1. The molecule has 2 saturated heterocycles. The number of rotatable bonds is 5. The second kappa shape index (κ2) is 9.05. The zero-order valence-corrected chi connectivity index (χ0v) is 20.3. The van der Waals surface area contributed by atoms with Gasteiger partial charge < -0.3 is 14.0 Å². The highest BCUT2D eigenvalue weighted by Crippen LogP contribution is 2.38. The third-order valence-corrected chi connectivity index (χ3v) is 7.52. The van der Waals surface area contributed by atoms with Gasteiger partial charge >= 0.3 is 0 Å². The molecule has 2 fully saturated rings. The van der Waals surface area contributed by atoms with Crippen LogP contribution in [0.3, 0.4) is 0 Å². The summed E-state index contributed by atoms with van der Waals surface area (Å²) in [7, 11) is 1.55. The van der Waals surface area contributed by atoms with Crippen LogP contribution in [0.5, 0.6) is 5.75 Å². The lowest BCUT2D eigenvalue weighted by Crippen LogP contribution is -2.52. The second-order valence-corrected chi connectivity index (χ2v) is 9.87. The molecule has 3 aliphatic rings. The zero-order chi connectivity index (χ0) is 24.8. The highest BCUT2D eigenvalue weighted by Gasteiger charge is 2.40. The van der Waals surface area contributed by atoms with Crippen LogP contribution in [0.25, 0.3) is 16.8 Å². The van der Waals surface area contributed by atoms with Crippen molar-refractivity contribution in [2.24, 2.45) is 0 Å². The molecule has 1 N–H and O–H groups in total. The number of hydrogen-bond donors (Lipinski definition) is 1. The molecule has 5 heterocycles. The Morgan fingerprint density at radius 3 is 2.72 bits per heavy atom. The number of ether oxygens (including phenoxy) is 1. The van der Waals surface area contributed by atoms with Crippen molar-refractivity contribution in [3.05, 3.63) is 53.5 Å². The van der Waals surface area contributed by atoms with E-state index in [1.54, 1.807) is 18.2 Å². The first-order valence-corrected chi connectivity index (χ1v) is 12.6. The number of nitrogens with one attached hydrogen (secondary N) is 1. The molecule has 1 unspecified atom stereocenters. The molecule has 3 aromatic rings. The van der Waals surface area contributed by atoms with E-state index in [0.29, 0.717) is 24.3 Å². The predicted molar refractivity (Wildman–Crippen MR) is 132 cm³/mol. The molecule has 0 bridgehead atoms. The average molecular weight is 488 g/mol. The third-order valence-electron chi connectivity index (χ3n) is 7.52. The van der Waals surface area contributed by atoms with Crippen molar-refractivity contribution in [2.45, 2.75) is 51.2 Å². The summed E-state index contributed by atoms with van der Waals surface area (Å²) in [5, 5.41) is 2.36. The van der Waals surface area contributed by atoms with Crippen LogP contribution in [0, 0.1) is 0 Å². The van der Waals surface area contributed by atoms with E-state index in [4.69, 9.17) is 4.74 Å². The number of fused-ring (bicyclic) bond motifs is 2. The van der Waals surface area contributed by atoms with E-state index < -0.39 is 11.9 Å². The summed E-state index contributed by atoms with van der Waals surface area (Å²) in [4.78, 5) is 46.1. The molecule has 3 amide bonds. The summed E-state index contributed by atoms with van der Waals surface area (Å²) >= 11 is 0. The van der Waals surface area contributed by atoms with Crippen LogP contribution in [0.4, 0.5) is 0 Å². The number of carbonyl (C=O) groups is 3. The smallest absolute Gasteiger partial charge is 0.258 e. The Kier molecular flexibility index (Phi) is 5.72. The Morgan fingerprint density at radius 2 is 1.94 bits per heavy atom. The number of benzene rings is 1. The molecule has 0 saturated carbocycles. The maximum atomic E-state index is 13.4. The number of imide groups is 1. The number of piperidine rings is 2. The van der Waals surface area contributed by atoms with E-state index in [0.717, 1.165) is 42.0 Å². The third kappa shape index (κ3) is 3.93. The van der Waals surface area contributed by atoms with Gasteiger partial charge in [-0.15, -0.1) is 0 Å². The van der Waals surface area contributed by atoms with Crippen molar-refractivity contribution in [1.29, 1.82) is 0 Å². The van der Waals surface area contributed by atoms with Crippen molar-refractivity contribution < 1.29 is 19.1 Å². The van der Waals surface area contributed by atoms with Crippen molar-refractivity contribution in [1.82, 2.24) is 24.5 Å². The summed E-state index contributed by atoms with van der Waals surface area (Å²) < 4.78 is 7.73. The molecule has 0 aliphatic carbocycles. The van der Waals surface area contributed by atoms with Gasteiger partial charge in [-0.05, 0) is 67.2 Å².